The third-order valence-corrected chi connectivity index (χ3v) is 4.12. The standard InChI is InChI=1S/C12H24N2O2.ClH/c1-5-12(6-2)9(7-10(12)16-4)14-11(15)8(3)13;/h8-10H,5-7,13H2,1-4H3,(H,14,15);1H/t8-,9?,10?;/m0./s1. The lowest BCUT2D eigenvalue weighted by molar-refractivity contribution is -0.141. The van der Waals surface area contributed by atoms with Crippen molar-refractivity contribution in [3.05, 3.63) is 0 Å². The molecule has 3 atom stereocenters. The van der Waals surface area contributed by atoms with Crippen molar-refractivity contribution in [3.63, 3.8) is 0 Å². The fourth-order valence-corrected chi connectivity index (χ4v) is 2.78. The third kappa shape index (κ3) is 2.92. The number of halogens is 1. The number of hydrogen-bond donors (Lipinski definition) is 2. The van der Waals surface area contributed by atoms with E-state index < -0.39 is 6.04 Å². The maximum Gasteiger partial charge on any atom is 0.236 e. The summed E-state index contributed by atoms with van der Waals surface area (Å²) in [4.78, 5) is 11.6. The van der Waals surface area contributed by atoms with Crippen LogP contribution >= 0.6 is 12.4 Å². The number of rotatable bonds is 5. The molecule has 1 aliphatic rings. The topological polar surface area (TPSA) is 64.4 Å². The van der Waals surface area contributed by atoms with E-state index in [4.69, 9.17) is 10.5 Å². The molecule has 4 nitrogen and oxygen atoms in total. The summed E-state index contributed by atoms with van der Waals surface area (Å²) >= 11 is 0. The summed E-state index contributed by atoms with van der Waals surface area (Å²) in [5, 5.41) is 3.03. The zero-order valence-electron chi connectivity index (χ0n) is 11.2. The van der Waals surface area contributed by atoms with Crippen LogP contribution in [0.1, 0.15) is 40.0 Å². The van der Waals surface area contributed by atoms with Crippen molar-refractivity contribution in [3.8, 4) is 0 Å². The van der Waals surface area contributed by atoms with Gasteiger partial charge < -0.3 is 15.8 Å². The molecule has 0 aliphatic heterocycles. The number of nitrogens with one attached hydrogen (secondary N) is 1. The molecular formula is C12H25ClN2O2. The Morgan fingerprint density at radius 3 is 2.41 bits per heavy atom. The van der Waals surface area contributed by atoms with Gasteiger partial charge in [-0.2, -0.15) is 0 Å². The van der Waals surface area contributed by atoms with Gasteiger partial charge in [-0.1, -0.05) is 13.8 Å². The molecule has 102 valence electrons. The molecule has 0 aromatic carbocycles. The van der Waals surface area contributed by atoms with E-state index in [2.05, 4.69) is 19.2 Å². The van der Waals surface area contributed by atoms with Crippen molar-refractivity contribution in [1.82, 2.24) is 5.32 Å². The Morgan fingerprint density at radius 1 is 1.53 bits per heavy atom. The van der Waals surface area contributed by atoms with Crippen LogP contribution in [-0.4, -0.2) is 31.2 Å². The van der Waals surface area contributed by atoms with Crippen molar-refractivity contribution in [1.29, 1.82) is 0 Å². The van der Waals surface area contributed by atoms with E-state index >= 15 is 0 Å². The molecule has 3 N–H and O–H groups in total. The number of amides is 1. The highest BCUT2D eigenvalue weighted by Gasteiger charge is 2.53. The largest absolute Gasteiger partial charge is 0.381 e. The summed E-state index contributed by atoms with van der Waals surface area (Å²) in [6.07, 6.45) is 3.20. The highest BCUT2D eigenvalue weighted by molar-refractivity contribution is 5.85. The molecule has 1 amide bonds. The van der Waals surface area contributed by atoms with Crippen molar-refractivity contribution in [2.24, 2.45) is 11.1 Å². The van der Waals surface area contributed by atoms with Gasteiger partial charge in [-0.3, -0.25) is 4.79 Å². The van der Waals surface area contributed by atoms with Crippen LogP contribution in [0.5, 0.6) is 0 Å². The van der Waals surface area contributed by atoms with E-state index in [-0.39, 0.29) is 35.9 Å². The molecule has 0 bridgehead atoms. The van der Waals surface area contributed by atoms with Crippen molar-refractivity contribution >= 4 is 18.3 Å². The second kappa shape index (κ2) is 6.57. The van der Waals surface area contributed by atoms with E-state index in [9.17, 15) is 4.79 Å². The lowest BCUT2D eigenvalue weighted by Crippen LogP contribution is -2.65. The van der Waals surface area contributed by atoms with Crippen LogP contribution in [-0.2, 0) is 9.53 Å². The predicted octanol–water partition coefficient (Wildman–Crippen LogP) is 1.47. The number of hydrogen-bond acceptors (Lipinski definition) is 3. The summed E-state index contributed by atoms with van der Waals surface area (Å²) < 4.78 is 5.47. The molecule has 0 spiro atoms. The highest BCUT2D eigenvalue weighted by Crippen LogP contribution is 2.48. The minimum atomic E-state index is -0.437. The second-order valence-electron chi connectivity index (χ2n) is 4.75. The number of ether oxygens (including phenoxy) is 1. The van der Waals surface area contributed by atoms with Gasteiger partial charge in [0.05, 0.1) is 12.1 Å². The predicted molar refractivity (Wildman–Crippen MR) is 71.3 cm³/mol. The molecule has 17 heavy (non-hydrogen) atoms. The summed E-state index contributed by atoms with van der Waals surface area (Å²) in [5.74, 6) is -0.0640. The lowest BCUT2D eigenvalue weighted by Gasteiger charge is -2.55. The summed E-state index contributed by atoms with van der Waals surface area (Å²) in [5.41, 5.74) is 5.65. The van der Waals surface area contributed by atoms with Crippen molar-refractivity contribution in [2.45, 2.75) is 58.2 Å². The highest BCUT2D eigenvalue weighted by atomic mass is 35.5. The molecule has 1 aliphatic carbocycles. The Kier molecular flexibility index (Phi) is 6.45. The quantitative estimate of drug-likeness (QED) is 0.790. The number of carbonyl (C=O) groups excluding carboxylic acids is 1. The maximum atomic E-state index is 11.6. The Morgan fingerprint density at radius 2 is 2.06 bits per heavy atom. The van der Waals surface area contributed by atoms with Gasteiger partial charge in [0.2, 0.25) is 5.91 Å². The van der Waals surface area contributed by atoms with Gasteiger partial charge in [0.25, 0.3) is 0 Å². The van der Waals surface area contributed by atoms with E-state index in [1.807, 2.05) is 0 Å². The van der Waals surface area contributed by atoms with Crippen LogP contribution in [0.15, 0.2) is 0 Å². The van der Waals surface area contributed by atoms with E-state index in [0.717, 1.165) is 19.3 Å². The molecule has 0 aromatic heterocycles. The van der Waals surface area contributed by atoms with E-state index in [1.54, 1.807) is 14.0 Å². The number of methoxy groups -OCH3 is 1. The van der Waals surface area contributed by atoms with E-state index in [0.29, 0.717) is 0 Å². The molecule has 0 aromatic rings. The van der Waals surface area contributed by atoms with E-state index in [1.165, 1.54) is 0 Å². The zero-order chi connectivity index (χ0) is 12.3. The Labute approximate surface area is 110 Å². The first-order chi connectivity index (χ1) is 7.51. The molecule has 1 rings (SSSR count). The average molecular weight is 265 g/mol. The Bertz CT molecular complexity index is 255. The van der Waals surface area contributed by atoms with Crippen molar-refractivity contribution in [2.75, 3.05) is 7.11 Å². The first-order valence-electron chi connectivity index (χ1n) is 6.10. The van der Waals surface area contributed by atoms with Gasteiger partial charge >= 0.3 is 0 Å². The van der Waals surface area contributed by atoms with Gasteiger partial charge in [0.15, 0.2) is 0 Å². The van der Waals surface area contributed by atoms with Gasteiger partial charge in [0, 0.05) is 18.6 Å². The van der Waals surface area contributed by atoms with Gasteiger partial charge in [-0.05, 0) is 26.2 Å². The molecule has 1 fully saturated rings. The monoisotopic (exact) mass is 264 g/mol. The minimum absolute atomic E-state index is 0. The minimum Gasteiger partial charge on any atom is -0.381 e. The zero-order valence-corrected chi connectivity index (χ0v) is 12.0. The molecule has 1 saturated carbocycles. The number of carbonyl (C=O) groups is 1. The molecule has 0 radical (unpaired) electrons. The molecule has 0 saturated heterocycles. The summed E-state index contributed by atoms with van der Waals surface area (Å²) in [7, 11) is 1.74. The smallest absolute Gasteiger partial charge is 0.236 e. The maximum absolute atomic E-state index is 11.6. The van der Waals surface area contributed by atoms with Crippen LogP contribution < -0.4 is 11.1 Å². The third-order valence-electron chi connectivity index (χ3n) is 4.12. The Hall–Kier alpha value is -0.320. The summed E-state index contributed by atoms with van der Waals surface area (Å²) in [6.45, 7) is 6.01. The fraction of sp³-hybridized carbons (Fsp3) is 0.917. The molecule has 2 unspecified atom stereocenters. The van der Waals surface area contributed by atoms with Crippen LogP contribution in [0.4, 0.5) is 0 Å². The first-order valence-corrected chi connectivity index (χ1v) is 6.10. The van der Waals surface area contributed by atoms with Crippen LogP contribution in [0.3, 0.4) is 0 Å². The summed E-state index contributed by atoms with van der Waals surface area (Å²) in [6, 6.07) is -0.223. The number of nitrogens with two attached hydrogens (primary N) is 1. The molecule has 0 heterocycles. The Balaban J connectivity index is 0.00000256. The fourth-order valence-electron chi connectivity index (χ4n) is 2.78. The van der Waals surface area contributed by atoms with Crippen LogP contribution in [0.2, 0.25) is 0 Å². The molecular weight excluding hydrogens is 240 g/mol. The van der Waals surface area contributed by atoms with Gasteiger partial charge in [-0.15, -0.1) is 12.4 Å². The molecule has 5 heteroatoms. The lowest BCUT2D eigenvalue weighted by atomic mass is 9.58. The SMILES string of the molecule is CCC1(CC)C(NC(=O)[C@H](C)N)CC1OC.Cl. The van der Waals surface area contributed by atoms with Crippen LogP contribution in [0, 0.1) is 5.41 Å². The van der Waals surface area contributed by atoms with Crippen LogP contribution in [0.25, 0.3) is 0 Å². The average Bonchev–Trinajstić information content (AvgIpc) is 2.25. The van der Waals surface area contributed by atoms with Gasteiger partial charge in [0.1, 0.15) is 0 Å². The van der Waals surface area contributed by atoms with Crippen molar-refractivity contribution < 1.29 is 9.53 Å². The van der Waals surface area contributed by atoms with Gasteiger partial charge in [-0.25, -0.2) is 0 Å². The second-order valence-corrected chi connectivity index (χ2v) is 4.75. The first kappa shape index (κ1) is 16.7. The normalized spacial score (nSPS) is 27.6.